The molecule has 2 aliphatic heterocycles. The highest BCUT2D eigenvalue weighted by molar-refractivity contribution is 5.90. The van der Waals surface area contributed by atoms with Crippen LogP contribution in [0.1, 0.15) is 47.9 Å². The van der Waals surface area contributed by atoms with E-state index >= 15 is 0 Å². The molecule has 6 rings (SSSR count). The van der Waals surface area contributed by atoms with Gasteiger partial charge in [-0.1, -0.05) is 6.42 Å². The number of amides is 1. The molecule has 0 N–H and O–H groups in total. The Labute approximate surface area is 207 Å². The van der Waals surface area contributed by atoms with E-state index in [0.29, 0.717) is 31.0 Å². The summed E-state index contributed by atoms with van der Waals surface area (Å²) in [5.74, 6) is 1.57. The average molecular weight is 486 g/mol. The molecule has 0 bridgehead atoms. The monoisotopic (exact) mass is 485 g/mol. The summed E-state index contributed by atoms with van der Waals surface area (Å²) in [5.41, 5.74) is 1.65. The van der Waals surface area contributed by atoms with Gasteiger partial charge >= 0.3 is 0 Å². The number of pyridine rings is 1. The van der Waals surface area contributed by atoms with Crippen molar-refractivity contribution < 1.29 is 9.18 Å². The molecule has 0 aromatic carbocycles. The smallest absolute Gasteiger partial charge is 0.292 e. The van der Waals surface area contributed by atoms with Crippen LogP contribution in [0, 0.1) is 17.1 Å². The first-order valence-corrected chi connectivity index (χ1v) is 12.0. The number of hydrogen-bond acceptors (Lipinski definition) is 9. The normalized spacial score (nSPS) is 20.1. The van der Waals surface area contributed by atoms with Crippen LogP contribution in [0.3, 0.4) is 0 Å². The van der Waals surface area contributed by atoms with Gasteiger partial charge in [0.05, 0.1) is 24.0 Å². The molecule has 5 heterocycles. The number of carbonyl (C=O) groups is 1. The minimum absolute atomic E-state index is 0.00390. The summed E-state index contributed by atoms with van der Waals surface area (Å²) >= 11 is 0. The second-order valence-corrected chi connectivity index (χ2v) is 9.65. The van der Waals surface area contributed by atoms with Crippen LogP contribution in [-0.4, -0.2) is 67.9 Å². The van der Waals surface area contributed by atoms with Crippen molar-refractivity contribution in [3.05, 3.63) is 59.8 Å². The maximum atomic E-state index is 13.2. The third-order valence-electron chi connectivity index (χ3n) is 7.52. The van der Waals surface area contributed by atoms with Crippen LogP contribution in [0.5, 0.6) is 0 Å². The fourth-order valence-electron chi connectivity index (χ4n) is 5.58. The predicted octanol–water partition coefficient (Wildman–Crippen LogP) is 2.60. The molecule has 2 fully saturated rings. The largest absolute Gasteiger partial charge is 0.352 e. The number of hydrogen-bond donors (Lipinski definition) is 0. The van der Waals surface area contributed by atoms with Crippen LogP contribution in [-0.2, 0) is 5.41 Å². The lowest BCUT2D eigenvalue weighted by Crippen LogP contribution is -2.55. The SMILES string of the molecule is CC1CN(c2ncnc3c2C2(CCC2)CN3c2cc(C#N)ccn2)CCN1C(=O)c1ncc(F)cn1. The summed E-state index contributed by atoms with van der Waals surface area (Å²) in [5, 5.41) is 9.36. The second kappa shape index (κ2) is 8.48. The maximum absolute atomic E-state index is 13.2. The van der Waals surface area contributed by atoms with E-state index < -0.39 is 5.82 Å². The van der Waals surface area contributed by atoms with E-state index in [1.807, 2.05) is 6.92 Å². The highest BCUT2D eigenvalue weighted by atomic mass is 19.1. The van der Waals surface area contributed by atoms with Gasteiger partial charge in [0.25, 0.3) is 5.91 Å². The molecule has 0 radical (unpaired) electrons. The lowest BCUT2D eigenvalue weighted by atomic mass is 9.66. The number of piperazine rings is 1. The van der Waals surface area contributed by atoms with Crippen molar-refractivity contribution in [1.29, 1.82) is 5.26 Å². The van der Waals surface area contributed by atoms with E-state index in [1.54, 1.807) is 29.6 Å². The Kier molecular flexibility index (Phi) is 5.25. The molecular formula is C25H24FN9O. The topological polar surface area (TPSA) is 115 Å². The molecular weight excluding hydrogens is 461 g/mol. The van der Waals surface area contributed by atoms with Crippen molar-refractivity contribution in [3.8, 4) is 6.07 Å². The third-order valence-corrected chi connectivity index (χ3v) is 7.52. The van der Waals surface area contributed by atoms with Crippen LogP contribution >= 0.6 is 0 Å². The Morgan fingerprint density at radius 1 is 1.14 bits per heavy atom. The molecule has 1 amide bonds. The summed E-state index contributed by atoms with van der Waals surface area (Å²) in [7, 11) is 0. The van der Waals surface area contributed by atoms with Crippen LogP contribution in [0.15, 0.2) is 37.1 Å². The highest BCUT2D eigenvalue weighted by Gasteiger charge is 2.51. The molecule has 10 nitrogen and oxygen atoms in total. The van der Waals surface area contributed by atoms with Gasteiger partial charge in [0.15, 0.2) is 5.82 Å². The zero-order chi connectivity index (χ0) is 24.9. The van der Waals surface area contributed by atoms with Crippen molar-refractivity contribution in [3.63, 3.8) is 0 Å². The lowest BCUT2D eigenvalue weighted by Gasteiger charge is -2.43. The Balaban J connectivity index is 1.30. The molecule has 3 aliphatic rings. The summed E-state index contributed by atoms with van der Waals surface area (Å²) in [6.07, 6.45) is 8.50. The second-order valence-electron chi connectivity index (χ2n) is 9.65. The number of rotatable bonds is 3. The standard InChI is InChI=1S/C25H24FN9O/c1-16-13-33(7-8-34(16)24(36)21-29-11-18(26)12-30-21)22-20-23(32-15-31-22)35(14-25(20)4-2-5-25)19-9-17(10-27)3-6-28-19/h3,6,9,11-12,15-16H,2,4-5,7-8,13-14H2,1H3. The summed E-state index contributed by atoms with van der Waals surface area (Å²) in [4.78, 5) is 40.7. The van der Waals surface area contributed by atoms with Gasteiger partial charge in [-0.15, -0.1) is 0 Å². The van der Waals surface area contributed by atoms with Gasteiger partial charge in [-0.25, -0.2) is 29.3 Å². The number of fused-ring (bicyclic) bond motifs is 2. The molecule has 3 aromatic rings. The van der Waals surface area contributed by atoms with Crippen molar-refractivity contribution in [2.24, 2.45) is 0 Å². The Morgan fingerprint density at radius 3 is 2.61 bits per heavy atom. The lowest BCUT2D eigenvalue weighted by molar-refractivity contribution is 0.0660. The van der Waals surface area contributed by atoms with E-state index in [0.717, 1.165) is 55.4 Å². The molecule has 1 unspecified atom stereocenters. The highest BCUT2D eigenvalue weighted by Crippen LogP contribution is 2.56. The fraction of sp³-hybridized carbons (Fsp3) is 0.400. The third kappa shape index (κ3) is 3.52. The number of carbonyl (C=O) groups excluding carboxylic acids is 1. The quantitative estimate of drug-likeness (QED) is 0.552. The molecule has 11 heteroatoms. The minimum Gasteiger partial charge on any atom is -0.352 e. The van der Waals surface area contributed by atoms with Gasteiger partial charge in [-0.3, -0.25) is 4.79 Å². The minimum atomic E-state index is -0.574. The maximum Gasteiger partial charge on any atom is 0.292 e. The first kappa shape index (κ1) is 22.3. The molecule has 1 aliphatic carbocycles. The number of aromatic nitrogens is 5. The Bertz CT molecular complexity index is 1370. The molecule has 1 spiro atoms. The van der Waals surface area contributed by atoms with Gasteiger partial charge in [0, 0.05) is 49.4 Å². The van der Waals surface area contributed by atoms with Crippen LogP contribution in [0.4, 0.5) is 21.8 Å². The molecule has 36 heavy (non-hydrogen) atoms. The molecule has 1 saturated carbocycles. The van der Waals surface area contributed by atoms with Crippen molar-refractivity contribution in [1.82, 2.24) is 29.8 Å². The molecule has 3 aromatic heterocycles. The number of halogens is 1. The summed E-state index contributed by atoms with van der Waals surface area (Å²) < 4.78 is 13.2. The van der Waals surface area contributed by atoms with Crippen LogP contribution < -0.4 is 9.80 Å². The first-order valence-electron chi connectivity index (χ1n) is 12.0. The number of nitrogens with zero attached hydrogens (tertiary/aromatic N) is 9. The van der Waals surface area contributed by atoms with E-state index in [9.17, 15) is 14.4 Å². The van der Waals surface area contributed by atoms with E-state index in [1.165, 1.54) is 0 Å². The summed E-state index contributed by atoms with van der Waals surface area (Å²) in [6, 6.07) is 5.57. The van der Waals surface area contributed by atoms with Gasteiger partial charge in [0.1, 0.15) is 23.8 Å². The van der Waals surface area contributed by atoms with Crippen molar-refractivity contribution >= 4 is 23.4 Å². The van der Waals surface area contributed by atoms with Crippen LogP contribution in [0.2, 0.25) is 0 Å². The van der Waals surface area contributed by atoms with Crippen LogP contribution in [0.25, 0.3) is 0 Å². The average Bonchev–Trinajstić information content (AvgIpc) is 3.25. The number of anilines is 3. The van der Waals surface area contributed by atoms with E-state index in [4.69, 9.17) is 4.98 Å². The van der Waals surface area contributed by atoms with Crippen molar-refractivity contribution in [2.75, 3.05) is 36.0 Å². The van der Waals surface area contributed by atoms with Gasteiger partial charge in [-0.2, -0.15) is 5.26 Å². The zero-order valence-electron chi connectivity index (χ0n) is 19.8. The Hall–Kier alpha value is -4.20. The molecule has 1 atom stereocenters. The fourth-order valence-corrected chi connectivity index (χ4v) is 5.58. The van der Waals surface area contributed by atoms with E-state index in [-0.39, 0.29) is 23.2 Å². The molecule has 182 valence electrons. The van der Waals surface area contributed by atoms with Crippen molar-refractivity contribution in [2.45, 2.75) is 37.6 Å². The van der Waals surface area contributed by atoms with Gasteiger partial charge in [0.2, 0.25) is 5.82 Å². The van der Waals surface area contributed by atoms with Gasteiger partial charge in [-0.05, 0) is 31.9 Å². The zero-order valence-corrected chi connectivity index (χ0v) is 19.8. The van der Waals surface area contributed by atoms with Gasteiger partial charge < -0.3 is 14.7 Å². The summed E-state index contributed by atoms with van der Waals surface area (Å²) in [6.45, 7) is 4.40. The Morgan fingerprint density at radius 2 is 1.92 bits per heavy atom. The first-order chi connectivity index (χ1) is 17.5. The number of nitriles is 1. The predicted molar refractivity (Wildman–Crippen MR) is 128 cm³/mol. The molecule has 1 saturated heterocycles. The van der Waals surface area contributed by atoms with E-state index in [2.05, 4.69) is 35.8 Å².